The Morgan fingerprint density at radius 3 is 3.14 bits per heavy atom. The van der Waals surface area contributed by atoms with Gasteiger partial charge in [-0.1, -0.05) is 19.4 Å². The molecule has 0 aliphatic carbocycles. The van der Waals surface area contributed by atoms with Gasteiger partial charge in [-0.15, -0.1) is 0 Å². The van der Waals surface area contributed by atoms with Crippen LogP contribution in [0.25, 0.3) is 10.9 Å². The van der Waals surface area contributed by atoms with Crippen molar-refractivity contribution in [2.45, 2.75) is 25.9 Å². The van der Waals surface area contributed by atoms with Gasteiger partial charge in [0.05, 0.1) is 17.8 Å². The van der Waals surface area contributed by atoms with E-state index in [0.29, 0.717) is 0 Å². The average molecular weight is 190 g/mol. The van der Waals surface area contributed by atoms with Crippen molar-refractivity contribution in [3.05, 3.63) is 30.0 Å². The zero-order valence-electron chi connectivity index (χ0n) is 8.20. The van der Waals surface area contributed by atoms with Gasteiger partial charge in [-0.25, -0.2) is 0 Å². The summed E-state index contributed by atoms with van der Waals surface area (Å²) in [5.41, 5.74) is 1.98. The predicted octanol–water partition coefficient (Wildman–Crippen LogP) is 2.40. The van der Waals surface area contributed by atoms with Gasteiger partial charge in [0, 0.05) is 5.39 Å². The first kappa shape index (κ1) is 9.21. The van der Waals surface area contributed by atoms with Crippen LogP contribution < -0.4 is 0 Å². The maximum atomic E-state index is 9.79. The molecule has 0 saturated heterocycles. The van der Waals surface area contributed by atoms with E-state index in [-0.39, 0.29) is 6.10 Å². The zero-order valence-corrected chi connectivity index (χ0v) is 8.20. The van der Waals surface area contributed by atoms with E-state index in [0.717, 1.165) is 29.3 Å². The van der Waals surface area contributed by atoms with Crippen LogP contribution in [0, 0.1) is 0 Å². The van der Waals surface area contributed by atoms with E-state index >= 15 is 0 Å². The molecule has 2 aromatic rings. The smallest absolute Gasteiger partial charge is 0.0790 e. The Hall–Kier alpha value is -1.35. The van der Waals surface area contributed by atoms with Gasteiger partial charge < -0.3 is 5.11 Å². The first-order valence-electron chi connectivity index (χ1n) is 4.92. The molecule has 0 saturated carbocycles. The highest BCUT2D eigenvalue weighted by atomic mass is 16.3. The normalized spacial score (nSPS) is 13.3. The third kappa shape index (κ3) is 1.63. The van der Waals surface area contributed by atoms with E-state index in [4.69, 9.17) is 0 Å². The standard InChI is InChI=1S/C11H14N2O/c1-2-3-11(14)8-4-5-10-9(6-8)7-12-13-10/h4-7,11,14H,2-3H2,1H3,(H,12,13). The van der Waals surface area contributed by atoms with Gasteiger partial charge in [0.25, 0.3) is 0 Å². The van der Waals surface area contributed by atoms with Crippen LogP contribution in [-0.2, 0) is 0 Å². The molecule has 0 aliphatic heterocycles. The van der Waals surface area contributed by atoms with Gasteiger partial charge in [0.15, 0.2) is 0 Å². The van der Waals surface area contributed by atoms with Crippen LogP contribution in [0.1, 0.15) is 31.4 Å². The van der Waals surface area contributed by atoms with E-state index in [1.54, 1.807) is 6.20 Å². The monoisotopic (exact) mass is 190 g/mol. The molecule has 0 amide bonds. The zero-order chi connectivity index (χ0) is 9.97. The molecular weight excluding hydrogens is 176 g/mol. The number of aromatic amines is 1. The molecule has 2 rings (SSSR count). The van der Waals surface area contributed by atoms with Crippen LogP contribution in [0.3, 0.4) is 0 Å². The number of aliphatic hydroxyl groups excluding tert-OH is 1. The number of hydrogen-bond donors (Lipinski definition) is 2. The predicted molar refractivity (Wildman–Crippen MR) is 56.0 cm³/mol. The fourth-order valence-corrected chi connectivity index (χ4v) is 1.61. The summed E-state index contributed by atoms with van der Waals surface area (Å²) in [5, 5.41) is 17.7. The maximum Gasteiger partial charge on any atom is 0.0790 e. The molecule has 74 valence electrons. The quantitative estimate of drug-likeness (QED) is 0.780. The van der Waals surface area contributed by atoms with Crippen LogP contribution >= 0.6 is 0 Å². The maximum absolute atomic E-state index is 9.79. The SMILES string of the molecule is CCCC(O)c1ccc2[nH]ncc2c1. The Bertz CT molecular complexity index is 422. The molecule has 0 spiro atoms. The summed E-state index contributed by atoms with van der Waals surface area (Å²) in [6.07, 6.45) is 3.23. The van der Waals surface area contributed by atoms with E-state index in [1.807, 2.05) is 18.2 Å². The number of benzene rings is 1. The number of rotatable bonds is 3. The van der Waals surface area contributed by atoms with Crippen molar-refractivity contribution < 1.29 is 5.11 Å². The molecule has 1 aromatic carbocycles. The van der Waals surface area contributed by atoms with Gasteiger partial charge in [-0.05, 0) is 24.1 Å². The summed E-state index contributed by atoms with van der Waals surface area (Å²) in [4.78, 5) is 0. The average Bonchev–Trinajstić information content (AvgIpc) is 2.64. The lowest BCUT2D eigenvalue weighted by atomic mass is 10.0. The molecule has 3 heteroatoms. The van der Waals surface area contributed by atoms with Gasteiger partial charge >= 0.3 is 0 Å². The highest BCUT2D eigenvalue weighted by Crippen LogP contribution is 2.21. The van der Waals surface area contributed by atoms with Gasteiger partial charge in [-0.2, -0.15) is 5.10 Å². The van der Waals surface area contributed by atoms with Gasteiger partial charge in [0.2, 0.25) is 0 Å². The number of hydrogen-bond acceptors (Lipinski definition) is 2. The van der Waals surface area contributed by atoms with E-state index in [9.17, 15) is 5.11 Å². The Morgan fingerprint density at radius 1 is 1.50 bits per heavy atom. The van der Waals surface area contributed by atoms with E-state index in [1.165, 1.54) is 0 Å². The highest BCUT2D eigenvalue weighted by Gasteiger charge is 2.06. The van der Waals surface area contributed by atoms with Crippen LogP contribution in [0.2, 0.25) is 0 Å². The number of aliphatic hydroxyl groups is 1. The summed E-state index contributed by atoms with van der Waals surface area (Å²) in [6.45, 7) is 2.07. The van der Waals surface area contributed by atoms with Crippen molar-refractivity contribution >= 4 is 10.9 Å². The van der Waals surface area contributed by atoms with Gasteiger partial charge in [-0.3, -0.25) is 5.10 Å². The molecular formula is C11H14N2O. The number of fused-ring (bicyclic) bond motifs is 1. The topological polar surface area (TPSA) is 48.9 Å². The largest absolute Gasteiger partial charge is 0.388 e. The van der Waals surface area contributed by atoms with Crippen molar-refractivity contribution in [2.24, 2.45) is 0 Å². The molecule has 1 unspecified atom stereocenters. The molecule has 1 aromatic heterocycles. The van der Waals surface area contributed by atoms with E-state index in [2.05, 4.69) is 17.1 Å². The minimum Gasteiger partial charge on any atom is -0.388 e. The van der Waals surface area contributed by atoms with Crippen molar-refractivity contribution in [1.82, 2.24) is 10.2 Å². The minimum atomic E-state index is -0.348. The molecule has 0 radical (unpaired) electrons. The summed E-state index contributed by atoms with van der Waals surface area (Å²) in [7, 11) is 0. The summed E-state index contributed by atoms with van der Waals surface area (Å²) in [5.74, 6) is 0. The number of nitrogens with zero attached hydrogens (tertiary/aromatic N) is 1. The molecule has 0 aliphatic rings. The lowest BCUT2D eigenvalue weighted by Gasteiger charge is -2.08. The van der Waals surface area contributed by atoms with Crippen LogP contribution in [0.15, 0.2) is 24.4 Å². The third-order valence-corrected chi connectivity index (χ3v) is 2.41. The minimum absolute atomic E-state index is 0.348. The van der Waals surface area contributed by atoms with Crippen LogP contribution in [0.5, 0.6) is 0 Å². The highest BCUT2D eigenvalue weighted by molar-refractivity contribution is 5.78. The first-order valence-corrected chi connectivity index (χ1v) is 4.92. The van der Waals surface area contributed by atoms with Crippen LogP contribution in [0.4, 0.5) is 0 Å². The second-order valence-corrected chi connectivity index (χ2v) is 3.52. The number of nitrogens with one attached hydrogen (secondary N) is 1. The summed E-state index contributed by atoms with van der Waals surface area (Å²) < 4.78 is 0. The van der Waals surface area contributed by atoms with Crippen molar-refractivity contribution in [1.29, 1.82) is 0 Å². The Morgan fingerprint density at radius 2 is 2.36 bits per heavy atom. The molecule has 0 fully saturated rings. The third-order valence-electron chi connectivity index (χ3n) is 2.41. The fraction of sp³-hybridized carbons (Fsp3) is 0.364. The molecule has 14 heavy (non-hydrogen) atoms. The molecule has 3 nitrogen and oxygen atoms in total. The fourth-order valence-electron chi connectivity index (χ4n) is 1.61. The van der Waals surface area contributed by atoms with Crippen LogP contribution in [-0.4, -0.2) is 15.3 Å². The molecule has 1 heterocycles. The second-order valence-electron chi connectivity index (χ2n) is 3.52. The van der Waals surface area contributed by atoms with Crippen molar-refractivity contribution in [2.75, 3.05) is 0 Å². The first-order chi connectivity index (χ1) is 6.81. The Kier molecular flexibility index (Phi) is 2.50. The lowest BCUT2D eigenvalue weighted by molar-refractivity contribution is 0.166. The Labute approximate surface area is 82.8 Å². The second kappa shape index (κ2) is 3.80. The van der Waals surface area contributed by atoms with E-state index < -0.39 is 0 Å². The summed E-state index contributed by atoms with van der Waals surface area (Å²) in [6, 6.07) is 5.89. The Balaban J connectivity index is 2.33. The van der Waals surface area contributed by atoms with Crippen molar-refractivity contribution in [3.63, 3.8) is 0 Å². The van der Waals surface area contributed by atoms with Crippen molar-refractivity contribution in [3.8, 4) is 0 Å². The molecule has 1 atom stereocenters. The lowest BCUT2D eigenvalue weighted by Crippen LogP contribution is -1.95. The molecule has 0 bridgehead atoms. The summed E-state index contributed by atoms with van der Waals surface area (Å²) >= 11 is 0. The number of H-pyrrole nitrogens is 1. The number of aromatic nitrogens is 2. The molecule has 2 N–H and O–H groups in total. The van der Waals surface area contributed by atoms with Gasteiger partial charge in [0.1, 0.15) is 0 Å².